The maximum Gasteiger partial charge on any atom is 0.263 e. The minimum Gasteiger partial charge on any atom is -0.397 e. The summed E-state index contributed by atoms with van der Waals surface area (Å²) >= 11 is 1.25. The maximum atomic E-state index is 13.1. The van der Waals surface area contributed by atoms with Gasteiger partial charge in [-0.25, -0.2) is 13.4 Å². The number of pyridine rings is 1. The van der Waals surface area contributed by atoms with E-state index in [1.165, 1.54) is 41.7 Å². The highest BCUT2D eigenvalue weighted by molar-refractivity contribution is 7.92. The quantitative estimate of drug-likeness (QED) is 0.362. The van der Waals surface area contributed by atoms with Gasteiger partial charge in [0.2, 0.25) is 5.78 Å². The first-order valence-corrected chi connectivity index (χ1v) is 12.4. The number of carbonyl (C=O) groups excluding carboxylic acids is 1. The first-order valence-electron chi connectivity index (χ1n) is 10.1. The van der Waals surface area contributed by atoms with Crippen LogP contribution in [-0.2, 0) is 16.4 Å². The van der Waals surface area contributed by atoms with Gasteiger partial charge in [-0.15, -0.1) is 11.3 Å². The van der Waals surface area contributed by atoms with Gasteiger partial charge in [0.25, 0.3) is 10.0 Å². The van der Waals surface area contributed by atoms with E-state index in [1.807, 2.05) is 12.1 Å². The molecule has 4 aromatic rings. The summed E-state index contributed by atoms with van der Waals surface area (Å²) in [5.41, 5.74) is 7.95. The standard InChI is InChI=1S/C22H22N4O4S2/c1-3-4-5-15-8-11-17-19(23)21(31-22(17)24-15)20(27)14-6-9-16(10-7-14)32(28,29)26-18-12-13(2)30-25-18/h6-12H,3-5,23H2,1-2H3,(H,25,26). The number of anilines is 2. The number of thiophene rings is 1. The molecule has 0 atom stereocenters. The molecule has 0 radical (unpaired) electrons. The number of aromatic nitrogens is 2. The molecule has 0 aliphatic carbocycles. The topological polar surface area (TPSA) is 128 Å². The van der Waals surface area contributed by atoms with Gasteiger partial charge in [-0.2, -0.15) is 0 Å². The molecule has 8 nitrogen and oxygen atoms in total. The number of unbranched alkanes of at least 4 members (excludes halogenated alkanes) is 1. The lowest BCUT2D eigenvalue weighted by Crippen LogP contribution is -2.13. The van der Waals surface area contributed by atoms with Crippen molar-refractivity contribution in [1.29, 1.82) is 0 Å². The summed E-state index contributed by atoms with van der Waals surface area (Å²) in [6.07, 6.45) is 3.01. The number of ketones is 1. The molecule has 0 saturated carbocycles. The number of carbonyl (C=O) groups is 1. The summed E-state index contributed by atoms with van der Waals surface area (Å²) in [5.74, 6) is 0.299. The van der Waals surface area contributed by atoms with Gasteiger partial charge < -0.3 is 10.3 Å². The average molecular weight is 471 g/mol. The highest BCUT2D eigenvalue weighted by Crippen LogP contribution is 2.34. The van der Waals surface area contributed by atoms with Crippen LogP contribution in [0, 0.1) is 6.92 Å². The summed E-state index contributed by atoms with van der Waals surface area (Å²) in [7, 11) is -3.86. The molecule has 3 N–H and O–H groups in total. The van der Waals surface area contributed by atoms with E-state index in [0.29, 0.717) is 21.9 Å². The second-order valence-corrected chi connectivity index (χ2v) is 10.1. The van der Waals surface area contributed by atoms with Crippen LogP contribution in [0.3, 0.4) is 0 Å². The highest BCUT2D eigenvalue weighted by Gasteiger charge is 2.21. The number of hydrogen-bond donors (Lipinski definition) is 2. The maximum absolute atomic E-state index is 13.1. The fraction of sp³-hybridized carbons (Fsp3) is 0.227. The third kappa shape index (κ3) is 4.37. The van der Waals surface area contributed by atoms with Crippen molar-refractivity contribution in [3.63, 3.8) is 0 Å². The molecule has 3 aromatic heterocycles. The van der Waals surface area contributed by atoms with Crippen LogP contribution in [0.1, 0.15) is 46.5 Å². The second kappa shape index (κ2) is 8.71. The zero-order valence-corrected chi connectivity index (χ0v) is 19.2. The molecule has 0 unspecified atom stereocenters. The predicted octanol–water partition coefficient (Wildman–Crippen LogP) is 4.55. The van der Waals surface area contributed by atoms with Crippen molar-refractivity contribution in [3.8, 4) is 0 Å². The molecular weight excluding hydrogens is 448 g/mol. The average Bonchev–Trinajstić information content (AvgIpc) is 3.33. The Morgan fingerprint density at radius 2 is 1.94 bits per heavy atom. The van der Waals surface area contributed by atoms with Gasteiger partial charge in [-0.05, 0) is 56.2 Å². The van der Waals surface area contributed by atoms with Gasteiger partial charge in [0.15, 0.2) is 5.82 Å². The first kappa shape index (κ1) is 22.0. The Hall–Kier alpha value is -3.24. The van der Waals surface area contributed by atoms with Crippen molar-refractivity contribution in [2.75, 3.05) is 10.5 Å². The van der Waals surface area contributed by atoms with Gasteiger partial charge in [0, 0.05) is 22.7 Å². The molecule has 0 fully saturated rings. The molecule has 0 aliphatic heterocycles. The second-order valence-electron chi connectivity index (χ2n) is 7.39. The van der Waals surface area contributed by atoms with E-state index in [2.05, 4.69) is 21.8 Å². The molecule has 166 valence electrons. The SMILES string of the molecule is CCCCc1ccc2c(N)c(C(=O)c3ccc(S(=O)(=O)Nc4cc(C)on4)cc3)sc2n1. The largest absolute Gasteiger partial charge is 0.397 e. The normalized spacial score (nSPS) is 11.7. The molecule has 10 heteroatoms. The van der Waals surface area contributed by atoms with Crippen molar-refractivity contribution < 1.29 is 17.7 Å². The Bertz CT molecular complexity index is 1390. The number of nitrogens with two attached hydrogens (primary N) is 1. The Balaban J connectivity index is 1.58. The monoisotopic (exact) mass is 470 g/mol. The van der Waals surface area contributed by atoms with E-state index in [4.69, 9.17) is 10.3 Å². The summed E-state index contributed by atoms with van der Waals surface area (Å²) in [6.45, 7) is 3.78. The van der Waals surface area contributed by atoms with Gasteiger partial charge in [0.05, 0.1) is 10.6 Å². The van der Waals surface area contributed by atoms with E-state index in [1.54, 1.807) is 6.92 Å². The molecular formula is C22H22N4O4S2. The van der Waals surface area contributed by atoms with E-state index < -0.39 is 10.0 Å². The molecule has 0 aliphatic rings. The number of benzene rings is 1. The van der Waals surface area contributed by atoms with Crippen molar-refractivity contribution in [2.45, 2.75) is 38.0 Å². The highest BCUT2D eigenvalue weighted by atomic mass is 32.2. The Morgan fingerprint density at radius 1 is 1.19 bits per heavy atom. The first-order chi connectivity index (χ1) is 15.3. The van der Waals surface area contributed by atoms with E-state index in [9.17, 15) is 13.2 Å². The third-order valence-electron chi connectivity index (χ3n) is 4.94. The lowest BCUT2D eigenvalue weighted by molar-refractivity contribution is 0.104. The number of nitrogens with one attached hydrogen (secondary N) is 1. The number of sulfonamides is 1. The van der Waals surface area contributed by atoms with Crippen LogP contribution >= 0.6 is 11.3 Å². The zero-order valence-electron chi connectivity index (χ0n) is 17.6. The number of rotatable bonds is 8. The van der Waals surface area contributed by atoms with Crippen LogP contribution in [0.5, 0.6) is 0 Å². The minimum atomic E-state index is -3.86. The number of hydrogen-bond acceptors (Lipinski definition) is 8. The predicted molar refractivity (Wildman–Crippen MR) is 125 cm³/mol. The van der Waals surface area contributed by atoms with Gasteiger partial charge in [-0.3, -0.25) is 9.52 Å². The van der Waals surface area contributed by atoms with E-state index in [0.717, 1.165) is 35.2 Å². The van der Waals surface area contributed by atoms with Gasteiger partial charge in [-0.1, -0.05) is 18.5 Å². The third-order valence-corrected chi connectivity index (χ3v) is 7.42. The molecule has 3 heterocycles. The lowest BCUT2D eigenvalue weighted by atomic mass is 10.1. The van der Waals surface area contributed by atoms with E-state index >= 15 is 0 Å². The van der Waals surface area contributed by atoms with Crippen LogP contribution < -0.4 is 10.5 Å². The molecule has 1 aromatic carbocycles. The van der Waals surface area contributed by atoms with Crippen molar-refractivity contribution in [2.24, 2.45) is 0 Å². The summed E-state index contributed by atoms with van der Waals surface area (Å²) in [4.78, 5) is 18.8. The Kier molecular flexibility index (Phi) is 5.98. The number of nitrogens with zero attached hydrogens (tertiary/aromatic N) is 2. The van der Waals surface area contributed by atoms with Crippen LogP contribution in [-0.4, -0.2) is 24.3 Å². The molecule has 0 bridgehead atoms. The Labute approximate surface area is 189 Å². The fourth-order valence-corrected chi connectivity index (χ4v) is 5.29. The van der Waals surface area contributed by atoms with Gasteiger partial charge in [0.1, 0.15) is 15.5 Å². The van der Waals surface area contributed by atoms with Crippen LogP contribution in [0.15, 0.2) is 51.9 Å². The van der Waals surface area contributed by atoms with Crippen LogP contribution in [0.2, 0.25) is 0 Å². The smallest absolute Gasteiger partial charge is 0.263 e. The summed E-state index contributed by atoms with van der Waals surface area (Å²) in [6, 6.07) is 11.0. The number of aryl methyl sites for hydroxylation is 2. The Morgan fingerprint density at radius 3 is 2.59 bits per heavy atom. The zero-order chi connectivity index (χ0) is 22.9. The summed E-state index contributed by atoms with van der Waals surface area (Å²) in [5, 5.41) is 4.38. The number of nitrogen functional groups attached to an aromatic ring is 1. The number of fused-ring (bicyclic) bond motifs is 1. The van der Waals surface area contributed by atoms with Crippen molar-refractivity contribution in [3.05, 3.63) is 64.4 Å². The fourth-order valence-electron chi connectivity index (χ4n) is 3.23. The molecule has 0 saturated heterocycles. The van der Waals surface area contributed by atoms with Crippen LogP contribution in [0.25, 0.3) is 10.2 Å². The van der Waals surface area contributed by atoms with E-state index in [-0.39, 0.29) is 16.5 Å². The van der Waals surface area contributed by atoms with Gasteiger partial charge >= 0.3 is 0 Å². The van der Waals surface area contributed by atoms with Crippen molar-refractivity contribution in [1.82, 2.24) is 10.1 Å². The molecule has 4 rings (SSSR count). The summed E-state index contributed by atoms with van der Waals surface area (Å²) < 4.78 is 32.3. The van der Waals surface area contributed by atoms with Crippen LogP contribution in [0.4, 0.5) is 11.5 Å². The molecule has 0 spiro atoms. The molecule has 32 heavy (non-hydrogen) atoms. The minimum absolute atomic E-state index is 0.00116. The van der Waals surface area contributed by atoms with Crippen molar-refractivity contribution >= 4 is 48.9 Å². The lowest BCUT2D eigenvalue weighted by Gasteiger charge is -2.06. The molecule has 0 amide bonds.